The van der Waals surface area contributed by atoms with Gasteiger partial charge in [0.2, 0.25) is 0 Å². The summed E-state index contributed by atoms with van der Waals surface area (Å²) in [5.41, 5.74) is 5.91. The zero-order chi connectivity index (χ0) is 12.6. The lowest BCUT2D eigenvalue weighted by molar-refractivity contribution is -0.00461. The molecule has 2 rings (SSSR count). The highest BCUT2D eigenvalue weighted by atomic mass is 32.2. The normalized spacial score (nSPS) is 42.1. The summed E-state index contributed by atoms with van der Waals surface area (Å²) >= 11 is 0. The van der Waals surface area contributed by atoms with Gasteiger partial charge in [0, 0.05) is 39.4 Å². The third kappa shape index (κ3) is 2.63. The van der Waals surface area contributed by atoms with Crippen molar-refractivity contribution in [1.82, 2.24) is 4.90 Å². The van der Waals surface area contributed by atoms with Gasteiger partial charge in [-0.2, -0.15) is 0 Å². The first-order valence-electron chi connectivity index (χ1n) is 5.72. The first-order chi connectivity index (χ1) is 7.96. The lowest BCUT2D eigenvalue weighted by atomic mass is 10.1. The third-order valence-corrected chi connectivity index (χ3v) is 5.43. The van der Waals surface area contributed by atoms with Crippen LogP contribution in [0.2, 0.25) is 0 Å². The summed E-state index contributed by atoms with van der Waals surface area (Å²) in [4.78, 5) is 2.08. The molecule has 2 fully saturated rings. The molecule has 0 saturated carbocycles. The topological polar surface area (TPSA) is 81.9 Å². The van der Waals surface area contributed by atoms with Crippen molar-refractivity contribution < 1.29 is 17.9 Å². The number of ether oxygens (including phenoxy) is 2. The summed E-state index contributed by atoms with van der Waals surface area (Å²) < 4.78 is 33.8. The first kappa shape index (κ1) is 13.2. The summed E-state index contributed by atoms with van der Waals surface area (Å²) in [5.74, 6) is 0.241. The van der Waals surface area contributed by atoms with E-state index in [4.69, 9.17) is 15.2 Å². The maximum absolute atomic E-state index is 11.5. The first-order valence-corrected chi connectivity index (χ1v) is 7.54. The average Bonchev–Trinajstić information content (AvgIpc) is 2.78. The Hall–Kier alpha value is -0.210. The second-order valence-electron chi connectivity index (χ2n) is 4.81. The lowest BCUT2D eigenvalue weighted by Gasteiger charge is -2.25. The van der Waals surface area contributed by atoms with Crippen LogP contribution in [0.1, 0.15) is 0 Å². The van der Waals surface area contributed by atoms with Gasteiger partial charge >= 0.3 is 0 Å². The average molecular weight is 264 g/mol. The van der Waals surface area contributed by atoms with Crippen molar-refractivity contribution >= 4 is 9.84 Å². The monoisotopic (exact) mass is 264 g/mol. The largest absolute Gasteiger partial charge is 0.377 e. The molecular formula is C10H20N2O4S. The second kappa shape index (κ2) is 4.81. The van der Waals surface area contributed by atoms with E-state index < -0.39 is 9.84 Å². The minimum atomic E-state index is -2.98. The number of nitrogens with two attached hydrogens (primary N) is 1. The Morgan fingerprint density at radius 1 is 1.12 bits per heavy atom. The number of likely N-dealkylation sites (tertiary alicyclic amines) is 1. The smallest absolute Gasteiger partial charge is 0.153 e. The van der Waals surface area contributed by atoms with Gasteiger partial charge in [0.15, 0.2) is 9.84 Å². The van der Waals surface area contributed by atoms with Crippen LogP contribution in [0.15, 0.2) is 0 Å². The molecule has 0 aromatic carbocycles. The second-order valence-corrected chi connectivity index (χ2v) is 6.96. The molecule has 0 aromatic heterocycles. The minimum absolute atomic E-state index is 0.00416. The van der Waals surface area contributed by atoms with Gasteiger partial charge in [0.25, 0.3) is 0 Å². The van der Waals surface area contributed by atoms with Gasteiger partial charge in [-0.3, -0.25) is 4.90 Å². The van der Waals surface area contributed by atoms with Crippen molar-refractivity contribution in [2.24, 2.45) is 5.73 Å². The maximum Gasteiger partial charge on any atom is 0.153 e. The zero-order valence-electron chi connectivity index (χ0n) is 10.2. The molecule has 4 unspecified atom stereocenters. The van der Waals surface area contributed by atoms with Crippen molar-refractivity contribution in [2.45, 2.75) is 24.3 Å². The Labute approximate surface area is 102 Å². The van der Waals surface area contributed by atoms with E-state index in [1.807, 2.05) is 0 Å². The minimum Gasteiger partial charge on any atom is -0.377 e. The Morgan fingerprint density at radius 2 is 1.65 bits per heavy atom. The summed E-state index contributed by atoms with van der Waals surface area (Å²) in [6.07, 6.45) is -0.00833. The molecule has 2 heterocycles. The Balaban J connectivity index is 2.05. The van der Waals surface area contributed by atoms with Gasteiger partial charge in [-0.05, 0) is 0 Å². The van der Waals surface area contributed by atoms with Crippen molar-refractivity contribution in [3.8, 4) is 0 Å². The predicted molar refractivity (Wildman–Crippen MR) is 63.6 cm³/mol. The van der Waals surface area contributed by atoms with Crippen LogP contribution in [0.4, 0.5) is 0 Å². The molecule has 100 valence electrons. The molecule has 6 nitrogen and oxygen atoms in total. The fourth-order valence-corrected chi connectivity index (χ4v) is 4.65. The molecule has 17 heavy (non-hydrogen) atoms. The van der Waals surface area contributed by atoms with Gasteiger partial charge in [0.1, 0.15) is 0 Å². The van der Waals surface area contributed by atoms with Crippen LogP contribution in [-0.4, -0.2) is 76.4 Å². The Morgan fingerprint density at radius 3 is 2.00 bits per heavy atom. The SMILES string of the molecule is COC1CN(C2CS(=O)(=O)CC2N)CC1OC. The maximum atomic E-state index is 11.5. The highest BCUT2D eigenvalue weighted by molar-refractivity contribution is 7.91. The van der Waals surface area contributed by atoms with Crippen LogP contribution < -0.4 is 5.73 Å². The van der Waals surface area contributed by atoms with E-state index in [1.54, 1.807) is 14.2 Å². The van der Waals surface area contributed by atoms with E-state index in [9.17, 15) is 8.42 Å². The summed E-state index contributed by atoms with van der Waals surface area (Å²) in [5, 5.41) is 0. The van der Waals surface area contributed by atoms with Crippen LogP contribution in [0.3, 0.4) is 0 Å². The quantitative estimate of drug-likeness (QED) is 0.665. The molecule has 0 bridgehead atoms. The molecule has 2 saturated heterocycles. The highest BCUT2D eigenvalue weighted by Crippen LogP contribution is 2.24. The third-order valence-electron chi connectivity index (χ3n) is 3.68. The molecule has 0 aliphatic carbocycles. The number of nitrogens with zero attached hydrogens (tertiary/aromatic N) is 1. The van der Waals surface area contributed by atoms with E-state index in [0.717, 1.165) is 0 Å². The summed E-state index contributed by atoms with van der Waals surface area (Å²) in [7, 11) is 0.310. The fraction of sp³-hybridized carbons (Fsp3) is 1.00. The van der Waals surface area contributed by atoms with E-state index in [2.05, 4.69) is 4.90 Å². The molecule has 4 atom stereocenters. The number of methoxy groups -OCH3 is 2. The summed E-state index contributed by atoms with van der Waals surface area (Å²) in [6.45, 7) is 1.37. The molecule has 0 aromatic rings. The molecule has 7 heteroatoms. The number of rotatable bonds is 3. The molecule has 0 radical (unpaired) electrons. The lowest BCUT2D eigenvalue weighted by Crippen LogP contribution is -2.46. The van der Waals surface area contributed by atoms with Crippen LogP contribution >= 0.6 is 0 Å². The van der Waals surface area contributed by atoms with Gasteiger partial charge in [-0.15, -0.1) is 0 Å². The van der Waals surface area contributed by atoms with Gasteiger partial charge in [0.05, 0.1) is 23.7 Å². The molecule has 0 spiro atoms. The molecule has 2 N–H and O–H groups in total. The standard InChI is InChI=1S/C10H20N2O4S/c1-15-9-3-12(4-10(9)16-2)8-6-17(13,14)5-7(8)11/h7-10H,3-6,11H2,1-2H3. The molecule has 2 aliphatic rings. The van der Waals surface area contributed by atoms with Crippen LogP contribution in [0, 0.1) is 0 Å². The van der Waals surface area contributed by atoms with E-state index in [1.165, 1.54) is 0 Å². The predicted octanol–water partition coefficient (Wildman–Crippen LogP) is -1.54. The Bertz CT molecular complexity index is 361. The van der Waals surface area contributed by atoms with Crippen molar-refractivity contribution in [1.29, 1.82) is 0 Å². The van der Waals surface area contributed by atoms with Crippen LogP contribution in [0.5, 0.6) is 0 Å². The van der Waals surface area contributed by atoms with Crippen molar-refractivity contribution in [3.63, 3.8) is 0 Å². The molecule has 2 aliphatic heterocycles. The van der Waals surface area contributed by atoms with E-state index in [0.29, 0.717) is 13.1 Å². The number of hydrogen-bond acceptors (Lipinski definition) is 6. The molecule has 0 amide bonds. The van der Waals surface area contributed by atoms with Crippen molar-refractivity contribution in [3.05, 3.63) is 0 Å². The van der Waals surface area contributed by atoms with E-state index >= 15 is 0 Å². The number of sulfone groups is 1. The van der Waals surface area contributed by atoms with Gasteiger partial charge in [-0.25, -0.2) is 8.42 Å². The van der Waals surface area contributed by atoms with Crippen LogP contribution in [-0.2, 0) is 19.3 Å². The highest BCUT2D eigenvalue weighted by Gasteiger charge is 2.44. The summed E-state index contributed by atoms with van der Waals surface area (Å²) in [6, 6.07) is -0.397. The van der Waals surface area contributed by atoms with Gasteiger partial charge < -0.3 is 15.2 Å². The van der Waals surface area contributed by atoms with Crippen molar-refractivity contribution in [2.75, 3.05) is 38.8 Å². The van der Waals surface area contributed by atoms with Crippen LogP contribution in [0.25, 0.3) is 0 Å². The zero-order valence-corrected chi connectivity index (χ0v) is 11.0. The molecular weight excluding hydrogens is 244 g/mol. The number of hydrogen-bond donors (Lipinski definition) is 1. The van der Waals surface area contributed by atoms with Gasteiger partial charge in [-0.1, -0.05) is 0 Å². The fourth-order valence-electron chi connectivity index (χ4n) is 2.73. The van der Waals surface area contributed by atoms with E-state index in [-0.39, 0.29) is 35.8 Å². The Kier molecular flexibility index (Phi) is 3.74.